The van der Waals surface area contributed by atoms with Crippen LogP contribution in [0.4, 0.5) is 5.69 Å². The molecular formula is C19H25N3OS. The summed E-state index contributed by atoms with van der Waals surface area (Å²) < 4.78 is 5.35. The Balaban J connectivity index is 1.74. The third-order valence-corrected chi connectivity index (χ3v) is 5.89. The van der Waals surface area contributed by atoms with Crippen molar-refractivity contribution in [1.29, 1.82) is 0 Å². The number of nitrogens with one attached hydrogen (secondary N) is 1. The lowest BCUT2D eigenvalue weighted by atomic mass is 9.73. The van der Waals surface area contributed by atoms with E-state index < -0.39 is 0 Å². The van der Waals surface area contributed by atoms with Crippen molar-refractivity contribution in [2.24, 2.45) is 10.7 Å². The quantitative estimate of drug-likeness (QED) is 0.625. The van der Waals surface area contributed by atoms with E-state index in [1.807, 2.05) is 35.6 Å². The van der Waals surface area contributed by atoms with E-state index in [1.54, 1.807) is 7.11 Å². The topological polar surface area (TPSA) is 59.6 Å². The summed E-state index contributed by atoms with van der Waals surface area (Å²) in [6.07, 6.45) is 6.25. The van der Waals surface area contributed by atoms with E-state index in [0.717, 1.165) is 18.0 Å². The zero-order chi connectivity index (χ0) is 16.8. The molecule has 0 amide bonds. The number of aliphatic imine (C=N–C) groups is 1. The fourth-order valence-electron chi connectivity index (χ4n) is 3.45. The zero-order valence-corrected chi connectivity index (χ0v) is 14.9. The minimum absolute atomic E-state index is 0.152. The first-order valence-corrected chi connectivity index (χ1v) is 9.35. The van der Waals surface area contributed by atoms with E-state index >= 15 is 0 Å². The summed E-state index contributed by atoms with van der Waals surface area (Å²) in [6.45, 7) is 0.738. The van der Waals surface area contributed by atoms with Gasteiger partial charge in [-0.1, -0.05) is 37.5 Å². The highest BCUT2D eigenvalue weighted by Crippen LogP contribution is 2.41. The van der Waals surface area contributed by atoms with Crippen LogP contribution in [0.2, 0.25) is 0 Å². The molecule has 1 aliphatic rings. The molecule has 2 aromatic rings. The Labute approximate surface area is 147 Å². The SMILES string of the molecule is COc1ccccc1NC(N)=NCC1(c2cccs2)CCCCC1. The second-order valence-corrected chi connectivity index (χ2v) is 7.29. The van der Waals surface area contributed by atoms with Crippen LogP contribution in [0.25, 0.3) is 0 Å². The van der Waals surface area contributed by atoms with Gasteiger partial charge in [-0.15, -0.1) is 11.3 Å². The molecule has 1 aromatic carbocycles. The molecule has 0 bridgehead atoms. The number of hydrogen-bond acceptors (Lipinski definition) is 3. The molecule has 5 heteroatoms. The van der Waals surface area contributed by atoms with Gasteiger partial charge in [0, 0.05) is 10.3 Å². The minimum Gasteiger partial charge on any atom is -0.495 e. The maximum Gasteiger partial charge on any atom is 0.193 e. The van der Waals surface area contributed by atoms with Gasteiger partial charge in [-0.3, -0.25) is 4.99 Å². The maximum absolute atomic E-state index is 6.15. The van der Waals surface area contributed by atoms with Crippen LogP contribution in [0.5, 0.6) is 5.75 Å². The van der Waals surface area contributed by atoms with Crippen LogP contribution in [0.1, 0.15) is 37.0 Å². The summed E-state index contributed by atoms with van der Waals surface area (Å²) in [5.74, 6) is 1.21. The Kier molecular flexibility index (Phi) is 5.41. The lowest BCUT2D eigenvalue weighted by Gasteiger charge is -2.35. The van der Waals surface area contributed by atoms with Gasteiger partial charge in [-0.05, 0) is 36.4 Å². The molecule has 0 unspecified atom stereocenters. The number of ether oxygens (including phenoxy) is 1. The highest BCUT2D eigenvalue weighted by Gasteiger charge is 2.34. The maximum atomic E-state index is 6.15. The number of nitrogens with two attached hydrogens (primary N) is 1. The van der Waals surface area contributed by atoms with E-state index in [4.69, 9.17) is 10.5 Å². The van der Waals surface area contributed by atoms with Crippen LogP contribution >= 0.6 is 11.3 Å². The van der Waals surface area contributed by atoms with Gasteiger partial charge in [-0.2, -0.15) is 0 Å². The van der Waals surface area contributed by atoms with Gasteiger partial charge in [0.2, 0.25) is 0 Å². The Hall–Kier alpha value is -2.01. The first kappa shape index (κ1) is 16.8. The van der Waals surface area contributed by atoms with Gasteiger partial charge in [0.1, 0.15) is 5.75 Å². The number of rotatable bonds is 5. The van der Waals surface area contributed by atoms with E-state index in [-0.39, 0.29) is 5.41 Å². The highest BCUT2D eigenvalue weighted by atomic mass is 32.1. The number of benzene rings is 1. The summed E-state index contributed by atoms with van der Waals surface area (Å²) in [5, 5.41) is 5.33. The molecule has 0 saturated heterocycles. The molecule has 4 nitrogen and oxygen atoms in total. The fraction of sp³-hybridized carbons (Fsp3) is 0.421. The summed E-state index contributed by atoms with van der Waals surface area (Å²) in [5.41, 5.74) is 7.14. The molecule has 1 saturated carbocycles. The zero-order valence-electron chi connectivity index (χ0n) is 14.1. The predicted molar refractivity (Wildman–Crippen MR) is 102 cm³/mol. The number of guanidine groups is 1. The molecule has 3 rings (SSSR count). The predicted octanol–water partition coefficient (Wildman–Crippen LogP) is 4.39. The largest absolute Gasteiger partial charge is 0.495 e. The second kappa shape index (κ2) is 7.71. The van der Waals surface area contributed by atoms with Crippen molar-refractivity contribution in [2.75, 3.05) is 19.0 Å². The van der Waals surface area contributed by atoms with Crippen LogP contribution in [0, 0.1) is 0 Å². The molecule has 24 heavy (non-hydrogen) atoms. The van der Waals surface area contributed by atoms with E-state index in [0.29, 0.717) is 5.96 Å². The first-order chi connectivity index (χ1) is 11.7. The molecule has 0 radical (unpaired) electrons. The molecule has 128 valence electrons. The molecule has 0 aliphatic heterocycles. The summed E-state index contributed by atoms with van der Waals surface area (Å²) >= 11 is 1.84. The smallest absolute Gasteiger partial charge is 0.193 e. The van der Waals surface area contributed by atoms with Gasteiger partial charge in [0.25, 0.3) is 0 Å². The van der Waals surface area contributed by atoms with Crippen LogP contribution < -0.4 is 15.8 Å². The average molecular weight is 343 g/mol. The summed E-state index contributed by atoms with van der Waals surface area (Å²) in [6, 6.07) is 12.1. The Bertz CT molecular complexity index is 676. The third kappa shape index (κ3) is 3.73. The number of methoxy groups -OCH3 is 1. The first-order valence-electron chi connectivity index (χ1n) is 8.47. The van der Waals surface area contributed by atoms with Gasteiger partial charge >= 0.3 is 0 Å². The Morgan fingerprint density at radius 3 is 2.71 bits per heavy atom. The van der Waals surface area contributed by atoms with Crippen molar-refractivity contribution < 1.29 is 4.74 Å². The molecule has 3 N–H and O–H groups in total. The molecule has 1 aromatic heterocycles. The van der Waals surface area contributed by atoms with Crippen molar-refractivity contribution in [1.82, 2.24) is 0 Å². The van der Waals surface area contributed by atoms with Crippen molar-refractivity contribution >= 4 is 23.0 Å². The number of nitrogens with zero attached hydrogens (tertiary/aromatic N) is 1. The minimum atomic E-state index is 0.152. The molecule has 0 spiro atoms. The molecule has 1 aliphatic carbocycles. The van der Waals surface area contributed by atoms with Crippen molar-refractivity contribution in [3.8, 4) is 5.75 Å². The standard InChI is InChI=1S/C19H25N3OS/c1-23-16-9-4-3-8-15(16)22-18(20)21-14-19(11-5-2-6-12-19)17-10-7-13-24-17/h3-4,7-10,13H,2,5-6,11-12,14H2,1H3,(H3,20,21,22). The van der Waals surface area contributed by atoms with Crippen LogP contribution in [-0.2, 0) is 5.41 Å². The molecule has 1 heterocycles. The average Bonchev–Trinajstić information content (AvgIpc) is 3.17. The summed E-state index contributed by atoms with van der Waals surface area (Å²) in [7, 11) is 1.65. The third-order valence-electron chi connectivity index (χ3n) is 4.78. The molecular weight excluding hydrogens is 318 g/mol. The molecule has 0 atom stereocenters. The monoisotopic (exact) mass is 343 g/mol. The highest BCUT2D eigenvalue weighted by molar-refractivity contribution is 7.10. The fourth-order valence-corrected chi connectivity index (χ4v) is 4.43. The van der Waals surface area contributed by atoms with E-state index in [1.165, 1.54) is 37.0 Å². The lowest BCUT2D eigenvalue weighted by molar-refractivity contribution is 0.307. The molecule has 1 fully saturated rings. The van der Waals surface area contributed by atoms with Gasteiger partial charge in [0.05, 0.1) is 19.3 Å². The number of hydrogen-bond donors (Lipinski definition) is 2. The van der Waals surface area contributed by atoms with Crippen molar-refractivity contribution in [3.05, 3.63) is 46.7 Å². The van der Waals surface area contributed by atoms with Crippen molar-refractivity contribution in [3.63, 3.8) is 0 Å². The number of anilines is 1. The number of thiophene rings is 1. The van der Waals surface area contributed by atoms with E-state index in [9.17, 15) is 0 Å². The van der Waals surface area contributed by atoms with E-state index in [2.05, 4.69) is 27.8 Å². The van der Waals surface area contributed by atoms with Gasteiger partial charge in [0.15, 0.2) is 5.96 Å². The Morgan fingerprint density at radius 2 is 2.00 bits per heavy atom. The van der Waals surface area contributed by atoms with Crippen LogP contribution in [0.3, 0.4) is 0 Å². The van der Waals surface area contributed by atoms with Crippen LogP contribution in [-0.4, -0.2) is 19.6 Å². The van der Waals surface area contributed by atoms with Gasteiger partial charge < -0.3 is 15.8 Å². The normalized spacial score (nSPS) is 17.5. The van der Waals surface area contributed by atoms with Gasteiger partial charge in [-0.25, -0.2) is 0 Å². The van der Waals surface area contributed by atoms with Crippen LogP contribution in [0.15, 0.2) is 46.8 Å². The Morgan fingerprint density at radius 1 is 1.21 bits per heavy atom. The van der Waals surface area contributed by atoms with Crippen molar-refractivity contribution in [2.45, 2.75) is 37.5 Å². The lowest BCUT2D eigenvalue weighted by Crippen LogP contribution is -2.33. The summed E-state index contributed by atoms with van der Waals surface area (Å²) in [4.78, 5) is 6.12. The second-order valence-electron chi connectivity index (χ2n) is 6.35. The number of para-hydroxylation sites is 2.